The summed E-state index contributed by atoms with van der Waals surface area (Å²) < 4.78 is 0. The van der Waals surface area contributed by atoms with Crippen molar-refractivity contribution in [3.8, 4) is 6.07 Å². The van der Waals surface area contributed by atoms with Crippen LogP contribution in [0.4, 0.5) is 0 Å². The molecule has 0 unspecified atom stereocenters. The van der Waals surface area contributed by atoms with Gasteiger partial charge in [-0.15, -0.1) is 0 Å². The number of nitriles is 1. The molecule has 3 heteroatoms. The summed E-state index contributed by atoms with van der Waals surface area (Å²) in [7, 11) is 0. The maximum atomic E-state index is 8.56. The van der Waals surface area contributed by atoms with E-state index in [1.54, 1.807) is 24.3 Å². The molecule has 0 spiro atoms. The third-order valence-electron chi connectivity index (χ3n) is 1.45. The van der Waals surface area contributed by atoms with Crippen molar-refractivity contribution in [2.45, 2.75) is 20.0 Å². The summed E-state index contributed by atoms with van der Waals surface area (Å²) in [6.07, 6.45) is 2.78. The minimum Gasteiger partial charge on any atom is -0.393 e. The second-order valence-electron chi connectivity index (χ2n) is 3.05. The van der Waals surface area contributed by atoms with Crippen molar-refractivity contribution < 1.29 is 4.84 Å². The molecule has 0 aliphatic carbocycles. The zero-order chi connectivity index (χ0) is 10.4. The Hall–Kier alpha value is -1.82. The molecule has 0 saturated carbocycles. The van der Waals surface area contributed by atoms with Crippen molar-refractivity contribution in [2.75, 3.05) is 0 Å². The highest BCUT2D eigenvalue weighted by atomic mass is 16.6. The highest BCUT2D eigenvalue weighted by Crippen LogP contribution is 2.01. The zero-order valence-corrected chi connectivity index (χ0v) is 8.19. The predicted molar refractivity (Wildman–Crippen MR) is 53.9 cm³/mol. The average Bonchev–Trinajstić information content (AvgIpc) is 2.18. The van der Waals surface area contributed by atoms with Gasteiger partial charge in [0.2, 0.25) is 0 Å². The fraction of sp³-hybridized carbons (Fsp3) is 0.273. The van der Waals surface area contributed by atoms with E-state index in [0.717, 1.165) is 5.56 Å². The molecular formula is C11H11N2O. The van der Waals surface area contributed by atoms with E-state index >= 15 is 0 Å². The van der Waals surface area contributed by atoms with Crippen LogP contribution >= 0.6 is 0 Å². The first-order valence-electron chi connectivity index (χ1n) is 4.34. The van der Waals surface area contributed by atoms with Crippen LogP contribution in [0.3, 0.4) is 0 Å². The fourth-order valence-corrected chi connectivity index (χ4v) is 0.804. The molecular weight excluding hydrogens is 176 g/mol. The second-order valence-corrected chi connectivity index (χ2v) is 3.05. The number of benzene rings is 1. The largest absolute Gasteiger partial charge is 0.393 e. The van der Waals surface area contributed by atoms with E-state index in [0.29, 0.717) is 5.56 Å². The second kappa shape index (κ2) is 5.03. The number of hydrogen-bond acceptors (Lipinski definition) is 3. The van der Waals surface area contributed by atoms with Gasteiger partial charge in [-0.25, -0.2) is 0 Å². The molecule has 0 aromatic heterocycles. The number of nitrogens with zero attached hydrogens (tertiary/aromatic N) is 2. The van der Waals surface area contributed by atoms with Crippen molar-refractivity contribution in [3.63, 3.8) is 0 Å². The van der Waals surface area contributed by atoms with Crippen LogP contribution in [0, 0.1) is 11.3 Å². The van der Waals surface area contributed by atoms with Crippen LogP contribution in [-0.2, 0) is 4.84 Å². The number of rotatable bonds is 3. The van der Waals surface area contributed by atoms with E-state index in [1.165, 1.54) is 0 Å². The minimum absolute atomic E-state index is 0.0564. The monoisotopic (exact) mass is 187 g/mol. The van der Waals surface area contributed by atoms with Crippen molar-refractivity contribution in [1.82, 2.24) is 0 Å². The Balaban J connectivity index is 2.61. The quantitative estimate of drug-likeness (QED) is 0.538. The van der Waals surface area contributed by atoms with Crippen molar-refractivity contribution >= 4 is 6.21 Å². The van der Waals surface area contributed by atoms with E-state index in [4.69, 9.17) is 10.1 Å². The van der Waals surface area contributed by atoms with Gasteiger partial charge >= 0.3 is 0 Å². The highest BCUT2D eigenvalue weighted by molar-refractivity contribution is 5.79. The van der Waals surface area contributed by atoms with Gasteiger partial charge in [-0.3, -0.25) is 0 Å². The van der Waals surface area contributed by atoms with Crippen LogP contribution in [-0.4, -0.2) is 12.3 Å². The molecule has 1 radical (unpaired) electrons. The van der Waals surface area contributed by atoms with Gasteiger partial charge in [-0.1, -0.05) is 17.3 Å². The van der Waals surface area contributed by atoms with Crippen LogP contribution in [0.1, 0.15) is 25.0 Å². The molecule has 1 aromatic rings. The Labute approximate surface area is 83.6 Å². The Morgan fingerprint density at radius 1 is 1.21 bits per heavy atom. The van der Waals surface area contributed by atoms with Crippen LogP contribution in [0.15, 0.2) is 29.4 Å². The maximum Gasteiger partial charge on any atom is 0.139 e. The van der Waals surface area contributed by atoms with E-state index in [1.807, 2.05) is 19.9 Å². The Kier molecular flexibility index (Phi) is 3.69. The van der Waals surface area contributed by atoms with Crippen molar-refractivity contribution in [2.24, 2.45) is 5.16 Å². The normalized spacial score (nSPS) is 10.4. The summed E-state index contributed by atoms with van der Waals surface area (Å²) in [6.45, 7) is 3.79. The van der Waals surface area contributed by atoms with Crippen LogP contribution in [0.2, 0.25) is 0 Å². The summed E-state index contributed by atoms with van der Waals surface area (Å²) in [4.78, 5) is 4.95. The molecule has 0 aliphatic rings. The lowest BCUT2D eigenvalue weighted by Crippen LogP contribution is -1.96. The smallest absolute Gasteiger partial charge is 0.139 e. The fourth-order valence-electron chi connectivity index (χ4n) is 0.804. The van der Waals surface area contributed by atoms with Crippen LogP contribution in [0.5, 0.6) is 0 Å². The SMILES string of the molecule is CC(C)O/N=[C]/c1ccc(C#N)cc1. The van der Waals surface area contributed by atoms with Gasteiger partial charge in [0.1, 0.15) is 12.3 Å². The number of hydrogen-bond donors (Lipinski definition) is 0. The first kappa shape index (κ1) is 10.3. The van der Waals surface area contributed by atoms with Crippen molar-refractivity contribution in [3.05, 3.63) is 35.4 Å². The average molecular weight is 187 g/mol. The topological polar surface area (TPSA) is 45.4 Å². The van der Waals surface area contributed by atoms with Gasteiger partial charge in [0.15, 0.2) is 0 Å². The van der Waals surface area contributed by atoms with Crippen molar-refractivity contribution in [1.29, 1.82) is 5.26 Å². The molecule has 0 atom stereocenters. The van der Waals surface area contributed by atoms with E-state index in [9.17, 15) is 0 Å². The van der Waals surface area contributed by atoms with Gasteiger partial charge in [0.25, 0.3) is 0 Å². The molecule has 3 nitrogen and oxygen atoms in total. The molecule has 71 valence electrons. The molecule has 1 rings (SSSR count). The molecule has 0 amide bonds. The zero-order valence-electron chi connectivity index (χ0n) is 8.19. The highest BCUT2D eigenvalue weighted by Gasteiger charge is 1.92. The molecule has 0 bridgehead atoms. The third-order valence-corrected chi connectivity index (χ3v) is 1.45. The summed E-state index contributed by atoms with van der Waals surface area (Å²) >= 11 is 0. The maximum absolute atomic E-state index is 8.56. The van der Waals surface area contributed by atoms with Crippen LogP contribution < -0.4 is 0 Å². The van der Waals surface area contributed by atoms with E-state index in [2.05, 4.69) is 11.4 Å². The predicted octanol–water partition coefficient (Wildman–Crippen LogP) is 2.19. The first-order valence-corrected chi connectivity index (χ1v) is 4.34. The van der Waals surface area contributed by atoms with Gasteiger partial charge in [0.05, 0.1) is 11.6 Å². The molecule has 0 fully saturated rings. The van der Waals surface area contributed by atoms with Gasteiger partial charge in [-0.05, 0) is 26.0 Å². The summed E-state index contributed by atoms with van der Waals surface area (Å²) in [6, 6.07) is 9.01. The Morgan fingerprint density at radius 2 is 1.79 bits per heavy atom. The van der Waals surface area contributed by atoms with E-state index in [-0.39, 0.29) is 6.10 Å². The Morgan fingerprint density at radius 3 is 2.29 bits per heavy atom. The summed E-state index contributed by atoms with van der Waals surface area (Å²) in [5.41, 5.74) is 1.42. The molecule has 0 saturated heterocycles. The minimum atomic E-state index is 0.0564. The standard InChI is InChI=1S/C11H11N2O/c1-9(2)14-13-8-11-5-3-10(7-12)4-6-11/h3-6,9H,1-2H3. The molecule has 0 aliphatic heterocycles. The molecule has 14 heavy (non-hydrogen) atoms. The molecule has 0 heterocycles. The lowest BCUT2D eigenvalue weighted by Gasteiger charge is -1.99. The summed E-state index contributed by atoms with van der Waals surface area (Å²) in [5, 5.41) is 12.2. The lowest BCUT2D eigenvalue weighted by atomic mass is 10.2. The Bertz CT molecular complexity index is 347. The van der Waals surface area contributed by atoms with Gasteiger partial charge < -0.3 is 4.84 Å². The molecule has 0 N–H and O–H groups in total. The lowest BCUT2D eigenvalue weighted by molar-refractivity contribution is 0.0874. The van der Waals surface area contributed by atoms with Gasteiger partial charge in [-0.2, -0.15) is 5.26 Å². The third kappa shape index (κ3) is 3.28. The van der Waals surface area contributed by atoms with E-state index < -0.39 is 0 Å². The summed E-state index contributed by atoms with van der Waals surface area (Å²) in [5.74, 6) is 0. The van der Waals surface area contributed by atoms with Gasteiger partial charge in [0, 0.05) is 5.56 Å². The van der Waals surface area contributed by atoms with Crippen LogP contribution in [0.25, 0.3) is 0 Å². The first-order chi connectivity index (χ1) is 6.72. The molecule has 1 aromatic carbocycles.